The van der Waals surface area contributed by atoms with Gasteiger partial charge in [-0.2, -0.15) is 0 Å². The van der Waals surface area contributed by atoms with Crippen LogP contribution in [-0.2, 0) is 16.1 Å². The van der Waals surface area contributed by atoms with E-state index in [-0.39, 0.29) is 23.6 Å². The van der Waals surface area contributed by atoms with Crippen molar-refractivity contribution in [3.63, 3.8) is 0 Å². The Hall–Kier alpha value is -4.45. The van der Waals surface area contributed by atoms with Crippen LogP contribution in [0.4, 0.5) is 0 Å². The molecule has 33 heavy (non-hydrogen) atoms. The number of aromatic hydroxyl groups is 1. The minimum absolute atomic E-state index is 0.00469. The first kappa shape index (κ1) is 20.5. The standard InChI is InChI=1S/C27H20N2O4/c30-22-7-3-6-20(15-22)24-23(25(31)21-9-8-18-4-1-2-5-19(18)14-21)26(32)27(33)29(24)16-17-10-12-28-13-11-17/h1-15,24,30-31H,16H2/b25-23-. The van der Waals surface area contributed by atoms with Crippen molar-refractivity contribution in [3.05, 3.63) is 114 Å². The molecular formula is C27H20N2O4. The molecule has 5 rings (SSSR count). The summed E-state index contributed by atoms with van der Waals surface area (Å²) in [5.74, 6) is -1.71. The van der Waals surface area contributed by atoms with Crippen LogP contribution in [0.25, 0.3) is 16.5 Å². The third-order valence-electron chi connectivity index (χ3n) is 5.85. The molecule has 0 radical (unpaired) electrons. The second-order valence-corrected chi connectivity index (χ2v) is 7.94. The molecule has 162 valence electrons. The average molecular weight is 436 g/mol. The highest BCUT2D eigenvalue weighted by molar-refractivity contribution is 6.46. The van der Waals surface area contributed by atoms with Crippen molar-refractivity contribution in [2.45, 2.75) is 12.6 Å². The number of hydrogen-bond donors (Lipinski definition) is 2. The van der Waals surface area contributed by atoms with Gasteiger partial charge in [0.25, 0.3) is 11.7 Å². The van der Waals surface area contributed by atoms with Crippen molar-refractivity contribution in [1.29, 1.82) is 0 Å². The number of carbonyl (C=O) groups excluding carboxylic acids is 2. The highest BCUT2D eigenvalue weighted by Gasteiger charge is 2.46. The van der Waals surface area contributed by atoms with Crippen LogP contribution in [0.5, 0.6) is 5.75 Å². The summed E-state index contributed by atoms with van der Waals surface area (Å²) < 4.78 is 0. The summed E-state index contributed by atoms with van der Waals surface area (Å²) in [7, 11) is 0. The van der Waals surface area contributed by atoms with Gasteiger partial charge in [-0.1, -0.05) is 48.5 Å². The molecule has 2 heterocycles. The maximum Gasteiger partial charge on any atom is 0.295 e. The quantitative estimate of drug-likeness (QED) is 0.278. The third kappa shape index (κ3) is 3.72. The van der Waals surface area contributed by atoms with Crippen molar-refractivity contribution in [3.8, 4) is 5.75 Å². The Morgan fingerprint density at radius 1 is 0.879 bits per heavy atom. The molecule has 1 amide bonds. The van der Waals surface area contributed by atoms with Crippen LogP contribution in [-0.4, -0.2) is 31.8 Å². The number of ketones is 1. The first-order valence-electron chi connectivity index (χ1n) is 10.5. The molecule has 1 atom stereocenters. The number of Topliss-reactive ketones (excluding diaryl/α,β-unsaturated/α-hetero) is 1. The topological polar surface area (TPSA) is 90.7 Å². The van der Waals surface area contributed by atoms with Gasteiger partial charge in [-0.15, -0.1) is 0 Å². The molecule has 0 saturated carbocycles. The molecule has 1 fully saturated rings. The molecule has 2 N–H and O–H groups in total. The number of aliphatic hydroxyl groups excluding tert-OH is 1. The van der Waals surface area contributed by atoms with E-state index < -0.39 is 17.7 Å². The number of carbonyl (C=O) groups is 2. The van der Waals surface area contributed by atoms with Crippen molar-refractivity contribution >= 4 is 28.2 Å². The Labute approximate surface area is 190 Å². The molecule has 0 aliphatic carbocycles. The van der Waals surface area contributed by atoms with Gasteiger partial charge in [0.05, 0.1) is 11.6 Å². The number of fused-ring (bicyclic) bond motifs is 1. The smallest absolute Gasteiger partial charge is 0.295 e. The van der Waals surface area contributed by atoms with E-state index in [0.717, 1.165) is 16.3 Å². The van der Waals surface area contributed by atoms with E-state index in [4.69, 9.17) is 0 Å². The Balaban J connectivity index is 1.67. The van der Waals surface area contributed by atoms with E-state index in [9.17, 15) is 19.8 Å². The van der Waals surface area contributed by atoms with Crippen LogP contribution < -0.4 is 0 Å². The van der Waals surface area contributed by atoms with Crippen LogP contribution in [0.1, 0.15) is 22.7 Å². The Morgan fingerprint density at radius 3 is 2.39 bits per heavy atom. The van der Waals surface area contributed by atoms with Gasteiger partial charge in [0.2, 0.25) is 0 Å². The van der Waals surface area contributed by atoms with Gasteiger partial charge in [-0.3, -0.25) is 14.6 Å². The van der Waals surface area contributed by atoms with Crippen LogP contribution >= 0.6 is 0 Å². The van der Waals surface area contributed by atoms with Gasteiger partial charge in [0.15, 0.2) is 0 Å². The van der Waals surface area contributed by atoms with Gasteiger partial charge < -0.3 is 15.1 Å². The first-order valence-corrected chi connectivity index (χ1v) is 10.5. The number of benzene rings is 3. The zero-order valence-electron chi connectivity index (χ0n) is 17.6. The molecule has 6 heteroatoms. The summed E-state index contributed by atoms with van der Waals surface area (Å²) >= 11 is 0. The predicted molar refractivity (Wildman–Crippen MR) is 124 cm³/mol. The minimum atomic E-state index is -0.850. The second kappa shape index (κ2) is 8.24. The number of likely N-dealkylation sites (tertiary alicyclic amines) is 1. The molecule has 1 saturated heterocycles. The molecule has 0 bridgehead atoms. The summed E-state index contributed by atoms with van der Waals surface area (Å²) in [5, 5.41) is 23.2. The number of amides is 1. The number of aliphatic hydroxyl groups is 1. The highest BCUT2D eigenvalue weighted by Crippen LogP contribution is 2.41. The van der Waals surface area contributed by atoms with Crippen molar-refractivity contribution in [2.75, 3.05) is 0 Å². The molecule has 0 spiro atoms. The number of aromatic nitrogens is 1. The van der Waals surface area contributed by atoms with Crippen molar-refractivity contribution < 1.29 is 19.8 Å². The predicted octanol–water partition coefficient (Wildman–Crippen LogP) is 4.56. The molecule has 1 aliphatic rings. The molecule has 1 aliphatic heterocycles. The van der Waals surface area contributed by atoms with E-state index in [0.29, 0.717) is 11.1 Å². The Kier molecular flexibility index (Phi) is 5.11. The van der Waals surface area contributed by atoms with E-state index in [1.165, 1.54) is 17.0 Å². The Bertz CT molecular complexity index is 1410. The first-order chi connectivity index (χ1) is 16.0. The highest BCUT2D eigenvalue weighted by atomic mass is 16.3. The van der Waals surface area contributed by atoms with Gasteiger partial charge in [-0.05, 0) is 52.2 Å². The van der Waals surface area contributed by atoms with Crippen LogP contribution in [0, 0.1) is 0 Å². The summed E-state index contributed by atoms with van der Waals surface area (Å²) in [5.41, 5.74) is 1.77. The van der Waals surface area contributed by atoms with Crippen LogP contribution in [0.2, 0.25) is 0 Å². The Morgan fingerprint density at radius 2 is 1.64 bits per heavy atom. The van der Waals surface area contributed by atoms with E-state index in [1.807, 2.05) is 30.3 Å². The number of pyridine rings is 1. The van der Waals surface area contributed by atoms with Gasteiger partial charge in [0.1, 0.15) is 11.5 Å². The summed E-state index contributed by atoms with van der Waals surface area (Å²) in [6.07, 6.45) is 3.23. The molecule has 6 nitrogen and oxygen atoms in total. The largest absolute Gasteiger partial charge is 0.508 e. The van der Waals surface area contributed by atoms with E-state index >= 15 is 0 Å². The number of hydrogen-bond acceptors (Lipinski definition) is 5. The van der Waals surface area contributed by atoms with Crippen molar-refractivity contribution in [2.24, 2.45) is 0 Å². The average Bonchev–Trinajstić information content (AvgIpc) is 3.09. The lowest BCUT2D eigenvalue weighted by Crippen LogP contribution is -2.29. The summed E-state index contributed by atoms with van der Waals surface area (Å²) in [6, 6.07) is 22.2. The number of nitrogens with zero attached hydrogens (tertiary/aromatic N) is 2. The zero-order chi connectivity index (χ0) is 22.9. The molecule has 1 aromatic heterocycles. The fourth-order valence-corrected chi connectivity index (χ4v) is 4.26. The maximum absolute atomic E-state index is 13.2. The fraction of sp³-hybridized carbons (Fsp3) is 0.0741. The zero-order valence-corrected chi connectivity index (χ0v) is 17.6. The van der Waals surface area contributed by atoms with Crippen LogP contribution in [0.15, 0.2) is 96.8 Å². The fourth-order valence-electron chi connectivity index (χ4n) is 4.26. The SMILES string of the molecule is O=C1C(=O)N(Cc2ccncc2)C(c2cccc(O)c2)/C1=C(/O)c1ccc2ccccc2c1. The summed E-state index contributed by atoms with van der Waals surface area (Å²) in [6.45, 7) is 0.155. The van der Waals surface area contributed by atoms with E-state index in [2.05, 4.69) is 4.98 Å². The number of phenolic OH excluding ortho intramolecular Hbond substituents is 1. The second-order valence-electron chi connectivity index (χ2n) is 7.94. The lowest BCUT2D eigenvalue weighted by atomic mass is 9.94. The van der Waals surface area contributed by atoms with Gasteiger partial charge >= 0.3 is 0 Å². The molecule has 4 aromatic rings. The minimum Gasteiger partial charge on any atom is -0.508 e. The van der Waals surface area contributed by atoms with Gasteiger partial charge in [-0.25, -0.2) is 0 Å². The number of phenols is 1. The van der Waals surface area contributed by atoms with Crippen LogP contribution in [0.3, 0.4) is 0 Å². The van der Waals surface area contributed by atoms with E-state index in [1.54, 1.807) is 48.8 Å². The lowest BCUT2D eigenvalue weighted by molar-refractivity contribution is -0.140. The molecular weight excluding hydrogens is 416 g/mol. The molecule has 3 aromatic carbocycles. The maximum atomic E-state index is 13.2. The monoisotopic (exact) mass is 436 g/mol. The lowest BCUT2D eigenvalue weighted by Gasteiger charge is -2.25. The van der Waals surface area contributed by atoms with Gasteiger partial charge in [0, 0.05) is 24.5 Å². The summed E-state index contributed by atoms with van der Waals surface area (Å²) in [4.78, 5) is 31.7. The number of rotatable bonds is 4. The normalized spacial score (nSPS) is 17.6. The third-order valence-corrected chi connectivity index (χ3v) is 5.85. The van der Waals surface area contributed by atoms with Crippen molar-refractivity contribution in [1.82, 2.24) is 9.88 Å². The molecule has 1 unspecified atom stereocenters.